The van der Waals surface area contributed by atoms with Gasteiger partial charge in [0, 0.05) is 10.4 Å². The lowest BCUT2D eigenvalue weighted by Gasteiger charge is -2.24. The smallest absolute Gasteiger partial charge is 0.348 e. The van der Waals surface area contributed by atoms with E-state index >= 15 is 0 Å². The van der Waals surface area contributed by atoms with Gasteiger partial charge >= 0.3 is 11.9 Å². The largest absolute Gasteiger partial charge is 0.481 e. The number of carboxylic acid groups (broad SMARTS) is 1. The Labute approximate surface area is 154 Å². The SMILES string of the molecule is CCOC(=O)c1cc2cc(NC(=O)[C@H]3CC=CC[C@H]3C(=O)O)ccc2s1. The van der Waals surface area contributed by atoms with Crippen molar-refractivity contribution in [1.82, 2.24) is 0 Å². The van der Waals surface area contributed by atoms with Gasteiger partial charge in [0.2, 0.25) is 5.91 Å². The third kappa shape index (κ3) is 3.77. The summed E-state index contributed by atoms with van der Waals surface area (Å²) in [5, 5.41) is 12.9. The molecule has 1 aromatic heterocycles. The minimum Gasteiger partial charge on any atom is -0.481 e. The van der Waals surface area contributed by atoms with E-state index < -0.39 is 17.8 Å². The Hall–Kier alpha value is -2.67. The minimum absolute atomic E-state index is 0.304. The number of allylic oxidation sites excluding steroid dienone is 2. The fourth-order valence-corrected chi connectivity index (χ4v) is 3.97. The quantitative estimate of drug-likeness (QED) is 0.616. The maximum Gasteiger partial charge on any atom is 0.348 e. The zero-order chi connectivity index (χ0) is 18.7. The highest BCUT2D eigenvalue weighted by Gasteiger charge is 2.33. The normalized spacial score (nSPS) is 19.3. The first kappa shape index (κ1) is 18.1. The molecule has 1 aliphatic carbocycles. The number of rotatable bonds is 5. The van der Waals surface area contributed by atoms with E-state index in [9.17, 15) is 19.5 Å². The molecule has 1 aromatic carbocycles. The summed E-state index contributed by atoms with van der Waals surface area (Å²) in [5.41, 5.74) is 0.578. The average Bonchev–Trinajstić information content (AvgIpc) is 3.05. The molecule has 136 valence electrons. The number of nitrogens with one attached hydrogen (secondary N) is 1. The zero-order valence-electron chi connectivity index (χ0n) is 14.2. The van der Waals surface area contributed by atoms with Crippen molar-refractivity contribution in [3.8, 4) is 0 Å². The maximum atomic E-state index is 12.5. The van der Waals surface area contributed by atoms with E-state index in [1.807, 2.05) is 12.1 Å². The van der Waals surface area contributed by atoms with Crippen LogP contribution in [-0.4, -0.2) is 29.6 Å². The van der Waals surface area contributed by atoms with Crippen molar-refractivity contribution in [2.24, 2.45) is 11.8 Å². The molecule has 0 fully saturated rings. The zero-order valence-corrected chi connectivity index (χ0v) is 15.0. The van der Waals surface area contributed by atoms with Crippen LogP contribution in [0.1, 0.15) is 29.4 Å². The fourth-order valence-electron chi connectivity index (χ4n) is 3.04. The number of fused-ring (bicyclic) bond motifs is 1. The molecule has 0 saturated carbocycles. The van der Waals surface area contributed by atoms with Gasteiger partial charge in [-0.1, -0.05) is 12.2 Å². The molecule has 2 atom stereocenters. The van der Waals surface area contributed by atoms with Crippen LogP contribution in [0.2, 0.25) is 0 Å². The molecule has 0 bridgehead atoms. The number of ether oxygens (including phenoxy) is 1. The number of carbonyl (C=O) groups is 3. The molecule has 1 aliphatic rings. The van der Waals surface area contributed by atoms with E-state index in [1.165, 1.54) is 11.3 Å². The third-order valence-electron chi connectivity index (χ3n) is 4.35. The molecule has 0 radical (unpaired) electrons. The lowest BCUT2D eigenvalue weighted by molar-refractivity contribution is -0.146. The van der Waals surface area contributed by atoms with Gasteiger partial charge in [0.1, 0.15) is 4.88 Å². The van der Waals surface area contributed by atoms with Gasteiger partial charge in [-0.05, 0) is 49.4 Å². The standard InChI is InChI=1S/C19H19NO5S/c1-2-25-19(24)16-10-11-9-12(7-8-15(11)26-16)20-17(21)13-5-3-4-6-14(13)18(22)23/h3-4,7-10,13-14H,2,5-6H2,1H3,(H,20,21)(H,22,23)/t13-,14+/m0/s1. The second kappa shape index (κ2) is 7.70. The number of carboxylic acids is 1. The average molecular weight is 373 g/mol. The van der Waals surface area contributed by atoms with Gasteiger partial charge in [0.05, 0.1) is 18.4 Å². The van der Waals surface area contributed by atoms with E-state index in [2.05, 4.69) is 5.32 Å². The Morgan fingerprint density at radius 1 is 1.19 bits per heavy atom. The van der Waals surface area contributed by atoms with Crippen LogP contribution in [0.15, 0.2) is 36.4 Å². The number of thiophene rings is 1. The lowest BCUT2D eigenvalue weighted by atomic mass is 9.82. The van der Waals surface area contributed by atoms with Gasteiger partial charge in [0.25, 0.3) is 0 Å². The topological polar surface area (TPSA) is 92.7 Å². The van der Waals surface area contributed by atoms with Crippen molar-refractivity contribution in [2.75, 3.05) is 11.9 Å². The molecule has 0 saturated heterocycles. The van der Waals surface area contributed by atoms with Crippen molar-refractivity contribution in [3.05, 3.63) is 41.3 Å². The number of hydrogen-bond acceptors (Lipinski definition) is 5. The molecule has 1 amide bonds. The predicted molar refractivity (Wildman–Crippen MR) is 99.4 cm³/mol. The van der Waals surface area contributed by atoms with Crippen molar-refractivity contribution < 1.29 is 24.2 Å². The van der Waals surface area contributed by atoms with E-state index in [4.69, 9.17) is 4.74 Å². The van der Waals surface area contributed by atoms with Crippen LogP contribution >= 0.6 is 11.3 Å². The highest BCUT2D eigenvalue weighted by molar-refractivity contribution is 7.20. The maximum absolute atomic E-state index is 12.5. The number of carbonyl (C=O) groups excluding carboxylic acids is 2. The van der Waals surface area contributed by atoms with Crippen LogP contribution in [0.25, 0.3) is 10.1 Å². The number of anilines is 1. The molecule has 26 heavy (non-hydrogen) atoms. The van der Waals surface area contributed by atoms with Crippen molar-refractivity contribution in [1.29, 1.82) is 0 Å². The molecule has 2 aromatic rings. The Morgan fingerprint density at radius 2 is 1.92 bits per heavy atom. The monoisotopic (exact) mass is 373 g/mol. The van der Waals surface area contributed by atoms with Crippen LogP contribution in [0.3, 0.4) is 0 Å². The van der Waals surface area contributed by atoms with Gasteiger partial charge in [-0.2, -0.15) is 0 Å². The Kier molecular flexibility index (Phi) is 5.37. The molecule has 2 N–H and O–H groups in total. The summed E-state index contributed by atoms with van der Waals surface area (Å²) in [6, 6.07) is 7.09. The Bertz CT molecular complexity index is 885. The highest BCUT2D eigenvalue weighted by atomic mass is 32.1. The first-order valence-corrected chi connectivity index (χ1v) is 9.20. The molecule has 0 unspecified atom stereocenters. The summed E-state index contributed by atoms with van der Waals surface area (Å²) in [6.07, 6.45) is 4.42. The molecule has 3 rings (SSSR count). The van der Waals surface area contributed by atoms with Gasteiger partial charge in [-0.3, -0.25) is 9.59 Å². The summed E-state index contributed by atoms with van der Waals surface area (Å²) >= 11 is 1.33. The van der Waals surface area contributed by atoms with Gasteiger partial charge in [-0.25, -0.2) is 4.79 Å². The van der Waals surface area contributed by atoms with E-state index in [0.29, 0.717) is 30.0 Å². The molecule has 7 heteroatoms. The summed E-state index contributed by atoms with van der Waals surface area (Å²) in [6.45, 7) is 2.07. The van der Waals surface area contributed by atoms with Gasteiger partial charge in [0.15, 0.2) is 0 Å². The molecule has 6 nitrogen and oxygen atoms in total. The fraction of sp³-hybridized carbons (Fsp3) is 0.316. The van der Waals surface area contributed by atoms with Crippen molar-refractivity contribution in [2.45, 2.75) is 19.8 Å². The summed E-state index contributed by atoms with van der Waals surface area (Å²) < 4.78 is 5.92. The highest BCUT2D eigenvalue weighted by Crippen LogP contribution is 2.30. The summed E-state index contributed by atoms with van der Waals surface area (Å²) in [7, 11) is 0. The molecule has 1 heterocycles. The number of esters is 1. The number of benzene rings is 1. The van der Waals surface area contributed by atoms with E-state index in [0.717, 1.165) is 10.1 Å². The molecule has 0 spiro atoms. The molecule has 0 aliphatic heterocycles. The van der Waals surface area contributed by atoms with Gasteiger partial charge < -0.3 is 15.2 Å². The van der Waals surface area contributed by atoms with E-state index in [-0.39, 0.29) is 11.9 Å². The Balaban J connectivity index is 1.78. The number of hydrogen-bond donors (Lipinski definition) is 2. The van der Waals surface area contributed by atoms with E-state index in [1.54, 1.807) is 31.2 Å². The first-order chi connectivity index (χ1) is 12.5. The summed E-state index contributed by atoms with van der Waals surface area (Å²) in [4.78, 5) is 36.2. The van der Waals surface area contributed by atoms with Crippen LogP contribution in [0, 0.1) is 11.8 Å². The van der Waals surface area contributed by atoms with Crippen LogP contribution < -0.4 is 5.32 Å². The van der Waals surface area contributed by atoms with Crippen LogP contribution in [0.4, 0.5) is 5.69 Å². The number of amides is 1. The Morgan fingerprint density at radius 3 is 2.62 bits per heavy atom. The second-order valence-corrected chi connectivity index (χ2v) is 7.15. The molecular formula is C19H19NO5S. The minimum atomic E-state index is -0.957. The lowest BCUT2D eigenvalue weighted by Crippen LogP contribution is -2.34. The predicted octanol–water partition coefficient (Wildman–Crippen LogP) is 3.68. The first-order valence-electron chi connectivity index (χ1n) is 8.39. The van der Waals surface area contributed by atoms with Crippen LogP contribution in [-0.2, 0) is 14.3 Å². The van der Waals surface area contributed by atoms with Crippen molar-refractivity contribution in [3.63, 3.8) is 0 Å². The van der Waals surface area contributed by atoms with Gasteiger partial charge in [-0.15, -0.1) is 11.3 Å². The third-order valence-corrected chi connectivity index (χ3v) is 5.44. The van der Waals surface area contributed by atoms with Crippen molar-refractivity contribution >= 4 is 45.0 Å². The number of aliphatic carboxylic acids is 1. The molecular weight excluding hydrogens is 354 g/mol. The summed E-state index contributed by atoms with van der Waals surface area (Å²) in [5.74, 6) is -2.92. The van der Waals surface area contributed by atoms with Crippen LogP contribution in [0.5, 0.6) is 0 Å². The second-order valence-electron chi connectivity index (χ2n) is 6.07.